The van der Waals surface area contributed by atoms with Gasteiger partial charge in [-0.3, -0.25) is 9.79 Å². The molecule has 0 aromatic heterocycles. The van der Waals surface area contributed by atoms with Crippen LogP contribution in [-0.2, 0) is 4.79 Å². The quantitative estimate of drug-likeness (QED) is 0.449. The van der Waals surface area contributed by atoms with Gasteiger partial charge in [0.25, 0.3) is 5.91 Å². The van der Waals surface area contributed by atoms with Gasteiger partial charge in [0, 0.05) is 27.0 Å². The Labute approximate surface area is 177 Å². The summed E-state index contributed by atoms with van der Waals surface area (Å²) in [6.07, 6.45) is 1.72. The fourth-order valence-corrected chi connectivity index (χ4v) is 2.98. The first-order valence-electron chi connectivity index (χ1n) is 8.59. The molecule has 3 aromatic carbocycles. The maximum absolute atomic E-state index is 12.2. The average Bonchev–Trinajstić information content (AvgIpc) is 2.69. The third-order valence-corrected chi connectivity index (χ3v) is 4.80. The lowest BCUT2D eigenvalue weighted by molar-refractivity contribution is -0.118. The highest BCUT2D eigenvalue weighted by molar-refractivity contribution is 9.10. The first kappa shape index (κ1) is 20.1. The van der Waals surface area contributed by atoms with Crippen LogP contribution in [0.4, 0.5) is 11.4 Å². The lowest BCUT2D eigenvalue weighted by Crippen LogP contribution is -2.20. The minimum atomic E-state index is -0.270. The van der Waals surface area contributed by atoms with E-state index in [1.807, 2.05) is 55.5 Å². The highest BCUT2D eigenvalue weighted by Crippen LogP contribution is 2.23. The van der Waals surface area contributed by atoms with Gasteiger partial charge in [-0.15, -0.1) is 0 Å². The van der Waals surface area contributed by atoms with Gasteiger partial charge in [0.15, 0.2) is 6.61 Å². The van der Waals surface area contributed by atoms with E-state index in [1.165, 1.54) is 0 Å². The van der Waals surface area contributed by atoms with E-state index in [-0.39, 0.29) is 12.5 Å². The number of halogens is 2. The summed E-state index contributed by atoms with van der Waals surface area (Å²) in [5.74, 6) is 0.300. The number of anilines is 1. The number of amides is 1. The zero-order chi connectivity index (χ0) is 19.9. The molecular weight excluding hydrogens is 440 g/mol. The van der Waals surface area contributed by atoms with Gasteiger partial charge in [0.2, 0.25) is 0 Å². The molecule has 4 nitrogen and oxygen atoms in total. The molecule has 0 unspecified atom stereocenters. The summed E-state index contributed by atoms with van der Waals surface area (Å²) in [6, 6.07) is 20.5. The second-order valence-corrected chi connectivity index (χ2v) is 7.40. The molecule has 0 radical (unpaired) electrons. The van der Waals surface area contributed by atoms with Crippen LogP contribution < -0.4 is 10.1 Å². The summed E-state index contributed by atoms with van der Waals surface area (Å²) in [5, 5.41) is 3.38. The van der Waals surface area contributed by atoms with Gasteiger partial charge < -0.3 is 10.1 Å². The van der Waals surface area contributed by atoms with Crippen LogP contribution in [-0.4, -0.2) is 18.7 Å². The van der Waals surface area contributed by atoms with Crippen molar-refractivity contribution in [2.24, 2.45) is 4.99 Å². The van der Waals surface area contributed by atoms with Crippen molar-refractivity contribution in [2.45, 2.75) is 6.92 Å². The van der Waals surface area contributed by atoms with E-state index in [1.54, 1.807) is 24.4 Å². The number of para-hydroxylation sites is 1. The van der Waals surface area contributed by atoms with Crippen LogP contribution >= 0.6 is 27.5 Å². The number of nitrogens with zero attached hydrogens (tertiary/aromatic N) is 1. The van der Waals surface area contributed by atoms with Crippen LogP contribution in [0.3, 0.4) is 0 Å². The summed E-state index contributed by atoms with van der Waals surface area (Å²) in [7, 11) is 0. The molecular formula is C22H18BrClN2O2. The van der Waals surface area contributed by atoms with Crippen molar-refractivity contribution in [1.82, 2.24) is 0 Å². The highest BCUT2D eigenvalue weighted by Gasteiger charge is 2.08. The molecule has 0 aliphatic rings. The van der Waals surface area contributed by atoms with Gasteiger partial charge in [0.05, 0.1) is 5.69 Å². The standard InChI is InChI=1S/C22H18BrClN2O2/c1-15-7-9-19(12-20(15)24)26-22(27)14-28-21-10-8-17(23)11-16(21)13-25-18-5-3-2-4-6-18/h2-13H,14H2,1H3,(H,26,27). The number of rotatable bonds is 6. The Morgan fingerprint density at radius 2 is 1.93 bits per heavy atom. The average molecular weight is 458 g/mol. The van der Waals surface area contributed by atoms with Crippen molar-refractivity contribution in [2.75, 3.05) is 11.9 Å². The van der Waals surface area contributed by atoms with Crippen molar-refractivity contribution in [3.05, 3.63) is 87.4 Å². The Balaban J connectivity index is 1.67. The molecule has 28 heavy (non-hydrogen) atoms. The maximum atomic E-state index is 12.2. The number of aryl methyl sites for hydroxylation is 1. The summed E-state index contributed by atoms with van der Waals surface area (Å²) in [6.45, 7) is 1.78. The zero-order valence-corrected chi connectivity index (χ0v) is 17.5. The number of carbonyl (C=O) groups excluding carboxylic acids is 1. The van der Waals surface area contributed by atoms with Crippen LogP contribution in [0, 0.1) is 6.92 Å². The molecule has 3 rings (SSSR count). The number of carbonyl (C=O) groups is 1. The fraction of sp³-hybridized carbons (Fsp3) is 0.0909. The van der Waals surface area contributed by atoms with E-state index in [0.29, 0.717) is 16.5 Å². The van der Waals surface area contributed by atoms with Gasteiger partial charge in [-0.25, -0.2) is 0 Å². The fourth-order valence-electron chi connectivity index (χ4n) is 2.42. The monoisotopic (exact) mass is 456 g/mol. The van der Waals surface area contributed by atoms with Crippen molar-refractivity contribution in [1.29, 1.82) is 0 Å². The first-order chi connectivity index (χ1) is 13.5. The molecule has 6 heteroatoms. The Morgan fingerprint density at radius 1 is 1.14 bits per heavy atom. The molecule has 142 valence electrons. The van der Waals surface area contributed by atoms with Crippen LogP contribution in [0.5, 0.6) is 5.75 Å². The number of hydrogen-bond acceptors (Lipinski definition) is 3. The number of nitrogens with one attached hydrogen (secondary N) is 1. The SMILES string of the molecule is Cc1ccc(NC(=O)COc2ccc(Br)cc2C=Nc2ccccc2)cc1Cl. The first-order valence-corrected chi connectivity index (χ1v) is 9.76. The highest BCUT2D eigenvalue weighted by atomic mass is 79.9. The molecule has 1 N–H and O–H groups in total. The minimum Gasteiger partial charge on any atom is -0.483 e. The summed E-state index contributed by atoms with van der Waals surface area (Å²) < 4.78 is 6.61. The molecule has 0 bridgehead atoms. The number of ether oxygens (including phenoxy) is 1. The van der Waals surface area contributed by atoms with Crippen LogP contribution in [0.2, 0.25) is 5.02 Å². The zero-order valence-electron chi connectivity index (χ0n) is 15.2. The number of benzene rings is 3. The van der Waals surface area contributed by atoms with Gasteiger partial charge in [-0.2, -0.15) is 0 Å². The van der Waals surface area contributed by atoms with E-state index < -0.39 is 0 Å². The van der Waals surface area contributed by atoms with Crippen molar-refractivity contribution >= 4 is 51.0 Å². The smallest absolute Gasteiger partial charge is 0.262 e. The number of aliphatic imine (C=N–C) groups is 1. The Hall–Kier alpha value is -2.63. The largest absolute Gasteiger partial charge is 0.483 e. The van der Waals surface area contributed by atoms with Crippen molar-refractivity contribution in [3.8, 4) is 5.75 Å². The van der Waals surface area contributed by atoms with Crippen molar-refractivity contribution < 1.29 is 9.53 Å². The van der Waals surface area contributed by atoms with Crippen LogP contribution in [0.15, 0.2) is 76.2 Å². The second-order valence-electron chi connectivity index (χ2n) is 6.08. The van der Waals surface area contributed by atoms with E-state index in [2.05, 4.69) is 26.2 Å². The summed E-state index contributed by atoms with van der Waals surface area (Å²) in [4.78, 5) is 16.7. The third-order valence-electron chi connectivity index (χ3n) is 3.90. The molecule has 0 spiro atoms. The molecule has 0 aliphatic heterocycles. The predicted molar refractivity (Wildman–Crippen MR) is 118 cm³/mol. The Bertz CT molecular complexity index is 1010. The summed E-state index contributed by atoms with van der Waals surface area (Å²) >= 11 is 9.54. The van der Waals surface area contributed by atoms with Gasteiger partial charge >= 0.3 is 0 Å². The topological polar surface area (TPSA) is 50.7 Å². The van der Waals surface area contributed by atoms with E-state index >= 15 is 0 Å². The number of hydrogen-bond donors (Lipinski definition) is 1. The minimum absolute atomic E-state index is 0.126. The van der Waals surface area contributed by atoms with Crippen molar-refractivity contribution in [3.63, 3.8) is 0 Å². The Kier molecular flexibility index (Phi) is 6.85. The van der Waals surface area contributed by atoms with Gasteiger partial charge in [0.1, 0.15) is 5.75 Å². The summed E-state index contributed by atoms with van der Waals surface area (Å²) in [5.41, 5.74) is 3.19. The molecule has 0 heterocycles. The van der Waals surface area contributed by atoms with E-state index in [4.69, 9.17) is 16.3 Å². The molecule has 0 saturated heterocycles. The lowest BCUT2D eigenvalue weighted by atomic mass is 10.2. The molecule has 0 atom stereocenters. The van der Waals surface area contributed by atoms with Crippen LogP contribution in [0.1, 0.15) is 11.1 Å². The third kappa shape index (κ3) is 5.68. The van der Waals surface area contributed by atoms with Crippen LogP contribution in [0.25, 0.3) is 0 Å². The predicted octanol–water partition coefficient (Wildman–Crippen LogP) is 6.18. The van der Waals surface area contributed by atoms with Gasteiger partial charge in [-0.1, -0.05) is 51.8 Å². The normalized spacial score (nSPS) is 10.8. The molecule has 0 aliphatic carbocycles. The maximum Gasteiger partial charge on any atom is 0.262 e. The van der Waals surface area contributed by atoms with E-state index in [0.717, 1.165) is 21.3 Å². The molecule has 0 saturated carbocycles. The Morgan fingerprint density at radius 3 is 2.68 bits per heavy atom. The van der Waals surface area contributed by atoms with E-state index in [9.17, 15) is 4.79 Å². The molecule has 0 fully saturated rings. The second kappa shape index (κ2) is 9.53. The van der Waals surface area contributed by atoms with Gasteiger partial charge in [-0.05, 0) is 55.0 Å². The molecule has 3 aromatic rings. The lowest BCUT2D eigenvalue weighted by Gasteiger charge is -2.11. The molecule has 1 amide bonds.